The Morgan fingerprint density at radius 3 is 2.60 bits per heavy atom. The molecular weight excluding hydrogens is 308 g/mol. The number of halogens is 1. The number of sulfonamides is 1. The molecule has 0 atom stereocenters. The normalized spacial score (nSPS) is 11.1. The summed E-state index contributed by atoms with van der Waals surface area (Å²) in [7, 11) is -4.03. The van der Waals surface area contributed by atoms with Crippen LogP contribution in [0.25, 0.3) is 0 Å². The van der Waals surface area contributed by atoms with E-state index in [1.165, 1.54) is 30.6 Å². The van der Waals surface area contributed by atoms with Gasteiger partial charge in [0.2, 0.25) is 0 Å². The van der Waals surface area contributed by atoms with Crippen LogP contribution in [0.15, 0.2) is 41.6 Å². The SMILES string of the molecule is O=[N+]([O-])c1cccc(S(=O)(=O)Nc2nccnc2Cl)c1. The number of benzene rings is 1. The Kier molecular flexibility index (Phi) is 3.81. The van der Waals surface area contributed by atoms with E-state index < -0.39 is 14.9 Å². The molecule has 1 N–H and O–H groups in total. The quantitative estimate of drug-likeness (QED) is 0.680. The van der Waals surface area contributed by atoms with Gasteiger partial charge in [-0.15, -0.1) is 0 Å². The average Bonchev–Trinajstić information content (AvgIpc) is 2.41. The van der Waals surface area contributed by atoms with Gasteiger partial charge in [-0.1, -0.05) is 17.7 Å². The summed E-state index contributed by atoms with van der Waals surface area (Å²) >= 11 is 5.69. The monoisotopic (exact) mass is 314 g/mol. The van der Waals surface area contributed by atoms with E-state index in [9.17, 15) is 18.5 Å². The highest BCUT2D eigenvalue weighted by Crippen LogP contribution is 2.22. The first-order chi connectivity index (χ1) is 9.40. The van der Waals surface area contributed by atoms with Gasteiger partial charge in [0.05, 0.1) is 9.82 Å². The summed E-state index contributed by atoms with van der Waals surface area (Å²) in [5, 5.41) is 10.5. The van der Waals surface area contributed by atoms with Gasteiger partial charge in [-0.3, -0.25) is 14.8 Å². The second-order valence-electron chi connectivity index (χ2n) is 3.56. The number of nitro benzene ring substituents is 1. The van der Waals surface area contributed by atoms with Crippen molar-refractivity contribution in [2.24, 2.45) is 0 Å². The maximum atomic E-state index is 12.1. The zero-order valence-corrected chi connectivity index (χ0v) is 11.3. The molecule has 0 bridgehead atoms. The summed E-state index contributed by atoms with van der Waals surface area (Å²) in [5.74, 6) is -0.152. The molecular formula is C10H7ClN4O4S. The van der Waals surface area contributed by atoms with Crippen LogP contribution in [0.4, 0.5) is 11.5 Å². The fourth-order valence-electron chi connectivity index (χ4n) is 1.34. The molecule has 1 heterocycles. The van der Waals surface area contributed by atoms with Crippen molar-refractivity contribution < 1.29 is 13.3 Å². The molecule has 0 aliphatic rings. The highest BCUT2D eigenvalue weighted by atomic mass is 35.5. The summed E-state index contributed by atoms with van der Waals surface area (Å²) in [4.78, 5) is 17.1. The molecule has 1 aromatic heterocycles. The molecule has 20 heavy (non-hydrogen) atoms. The molecule has 2 aromatic rings. The van der Waals surface area contributed by atoms with Gasteiger partial charge in [0.25, 0.3) is 15.7 Å². The Labute approximate surface area is 118 Å². The number of nitro groups is 1. The Bertz CT molecular complexity index is 765. The molecule has 0 spiro atoms. The van der Waals surface area contributed by atoms with Crippen LogP contribution >= 0.6 is 11.6 Å². The second kappa shape index (κ2) is 5.39. The van der Waals surface area contributed by atoms with E-state index >= 15 is 0 Å². The number of hydrogen-bond acceptors (Lipinski definition) is 6. The minimum absolute atomic E-state index is 0.124. The highest BCUT2D eigenvalue weighted by molar-refractivity contribution is 7.92. The lowest BCUT2D eigenvalue weighted by Gasteiger charge is -2.07. The standard InChI is InChI=1S/C10H7ClN4O4S/c11-9-10(13-5-4-12-9)14-20(18,19)8-3-1-2-7(6-8)15(16)17/h1-6H,(H,13,14). The van der Waals surface area contributed by atoms with Crippen molar-refractivity contribution in [1.29, 1.82) is 0 Å². The first kappa shape index (κ1) is 14.2. The molecule has 0 amide bonds. The molecule has 0 saturated heterocycles. The molecule has 0 fully saturated rings. The summed E-state index contributed by atoms with van der Waals surface area (Å²) in [6, 6.07) is 4.62. The van der Waals surface area contributed by atoms with Crippen LogP contribution in [0, 0.1) is 10.1 Å². The predicted octanol–water partition coefficient (Wildman–Crippen LogP) is 1.84. The third-order valence-electron chi connectivity index (χ3n) is 2.22. The third kappa shape index (κ3) is 3.00. The smallest absolute Gasteiger partial charge is 0.261 e. The van der Waals surface area contributed by atoms with Gasteiger partial charge < -0.3 is 0 Å². The van der Waals surface area contributed by atoms with Crippen LogP contribution < -0.4 is 4.72 Å². The van der Waals surface area contributed by atoms with E-state index in [-0.39, 0.29) is 21.6 Å². The molecule has 0 aliphatic carbocycles. The number of hydrogen-bond donors (Lipinski definition) is 1. The largest absolute Gasteiger partial charge is 0.270 e. The summed E-state index contributed by atoms with van der Waals surface area (Å²) in [5.41, 5.74) is -0.335. The summed E-state index contributed by atoms with van der Waals surface area (Å²) in [6.07, 6.45) is 2.56. The van der Waals surface area contributed by atoms with Crippen molar-refractivity contribution >= 4 is 33.1 Å². The van der Waals surface area contributed by atoms with Crippen LogP contribution in [0.1, 0.15) is 0 Å². The van der Waals surface area contributed by atoms with Gasteiger partial charge in [-0.05, 0) is 6.07 Å². The minimum Gasteiger partial charge on any atom is -0.261 e. The maximum absolute atomic E-state index is 12.1. The number of aromatic nitrogens is 2. The maximum Gasteiger partial charge on any atom is 0.270 e. The molecule has 0 saturated carbocycles. The molecule has 10 heteroatoms. The first-order valence-electron chi connectivity index (χ1n) is 5.14. The van der Waals surface area contributed by atoms with Crippen LogP contribution in [-0.4, -0.2) is 23.3 Å². The number of anilines is 1. The van der Waals surface area contributed by atoms with Crippen LogP contribution in [-0.2, 0) is 10.0 Å². The minimum atomic E-state index is -4.03. The van der Waals surface area contributed by atoms with Crippen molar-refractivity contribution in [3.05, 3.63) is 51.9 Å². The van der Waals surface area contributed by atoms with Gasteiger partial charge in [-0.25, -0.2) is 18.4 Å². The fourth-order valence-corrected chi connectivity index (χ4v) is 2.60. The molecule has 1 aromatic carbocycles. The van der Waals surface area contributed by atoms with Gasteiger partial charge >= 0.3 is 0 Å². The Morgan fingerprint density at radius 1 is 1.25 bits per heavy atom. The summed E-state index contributed by atoms with van der Waals surface area (Å²) in [6.45, 7) is 0. The van der Waals surface area contributed by atoms with Crippen molar-refractivity contribution in [2.75, 3.05) is 4.72 Å². The molecule has 104 valence electrons. The summed E-state index contributed by atoms with van der Waals surface area (Å²) < 4.78 is 26.3. The predicted molar refractivity (Wildman–Crippen MR) is 70.9 cm³/mol. The lowest BCUT2D eigenvalue weighted by atomic mass is 10.3. The average molecular weight is 315 g/mol. The van der Waals surface area contributed by atoms with Crippen LogP contribution in [0.3, 0.4) is 0 Å². The van der Waals surface area contributed by atoms with Gasteiger partial charge in [0.1, 0.15) is 0 Å². The third-order valence-corrected chi connectivity index (χ3v) is 3.84. The van der Waals surface area contributed by atoms with Crippen LogP contribution in [0.2, 0.25) is 5.15 Å². The van der Waals surface area contributed by atoms with Crippen LogP contribution in [0.5, 0.6) is 0 Å². The molecule has 0 radical (unpaired) electrons. The second-order valence-corrected chi connectivity index (χ2v) is 5.60. The topological polar surface area (TPSA) is 115 Å². The van der Waals surface area contributed by atoms with E-state index in [1.807, 2.05) is 0 Å². The van der Waals surface area contributed by atoms with E-state index in [4.69, 9.17) is 11.6 Å². The molecule has 0 aliphatic heterocycles. The number of nitrogens with zero attached hydrogens (tertiary/aromatic N) is 3. The van der Waals surface area contributed by atoms with Gasteiger partial charge in [0, 0.05) is 24.5 Å². The highest BCUT2D eigenvalue weighted by Gasteiger charge is 2.19. The zero-order valence-electron chi connectivity index (χ0n) is 9.72. The van der Waals surface area contributed by atoms with Gasteiger partial charge in [-0.2, -0.15) is 0 Å². The van der Waals surface area contributed by atoms with E-state index in [0.29, 0.717) is 0 Å². The lowest BCUT2D eigenvalue weighted by molar-refractivity contribution is -0.385. The Balaban J connectivity index is 2.38. The lowest BCUT2D eigenvalue weighted by Crippen LogP contribution is -2.14. The fraction of sp³-hybridized carbons (Fsp3) is 0. The molecule has 8 nitrogen and oxygen atoms in total. The Hall–Kier alpha value is -2.26. The van der Waals surface area contributed by atoms with Crippen molar-refractivity contribution in [3.63, 3.8) is 0 Å². The molecule has 2 rings (SSSR count). The Morgan fingerprint density at radius 2 is 1.95 bits per heavy atom. The number of rotatable bonds is 4. The van der Waals surface area contributed by atoms with E-state index in [1.54, 1.807) is 0 Å². The van der Waals surface area contributed by atoms with E-state index in [2.05, 4.69) is 14.7 Å². The number of non-ortho nitro benzene ring substituents is 1. The first-order valence-corrected chi connectivity index (χ1v) is 7.00. The zero-order chi connectivity index (χ0) is 14.8. The molecule has 0 unspecified atom stereocenters. The number of nitrogens with one attached hydrogen (secondary N) is 1. The van der Waals surface area contributed by atoms with Crippen molar-refractivity contribution in [2.45, 2.75) is 4.90 Å². The van der Waals surface area contributed by atoms with Crippen molar-refractivity contribution in [1.82, 2.24) is 9.97 Å². The van der Waals surface area contributed by atoms with Crippen molar-refractivity contribution in [3.8, 4) is 0 Å². The van der Waals surface area contributed by atoms with Gasteiger partial charge in [0.15, 0.2) is 11.0 Å². The van der Waals surface area contributed by atoms with E-state index in [0.717, 1.165) is 6.07 Å².